The lowest BCUT2D eigenvalue weighted by Gasteiger charge is -2.26. The molecule has 82 valence electrons. The first-order valence-electron chi connectivity index (χ1n) is 4.92. The first-order chi connectivity index (χ1) is 7.29. The number of hydrogen-bond acceptors (Lipinski definition) is 5. The lowest BCUT2D eigenvalue weighted by molar-refractivity contribution is 0.112. The molecule has 15 heavy (non-hydrogen) atoms. The zero-order valence-corrected chi connectivity index (χ0v) is 9.77. The van der Waals surface area contributed by atoms with Crippen molar-refractivity contribution in [2.75, 3.05) is 18.5 Å². The van der Waals surface area contributed by atoms with Crippen LogP contribution in [-0.4, -0.2) is 29.4 Å². The zero-order chi connectivity index (χ0) is 10.7. The molecular weight excluding hydrogens is 234 g/mol. The number of carbonyl (C=O) groups excluding carboxylic acids is 1. The number of anilines is 1. The molecule has 6 heteroatoms. The number of nitrogens with one attached hydrogen (secondary N) is 1. The predicted molar refractivity (Wildman–Crippen MR) is 61.6 cm³/mol. The van der Waals surface area contributed by atoms with Crippen molar-refractivity contribution in [1.29, 1.82) is 0 Å². The van der Waals surface area contributed by atoms with Gasteiger partial charge in [0.1, 0.15) is 4.88 Å². The summed E-state index contributed by atoms with van der Waals surface area (Å²) in [5, 5.41) is 3.10. The first kappa shape index (κ1) is 10.9. The summed E-state index contributed by atoms with van der Waals surface area (Å²) in [5.74, 6) is 0. The van der Waals surface area contributed by atoms with Gasteiger partial charge in [-0.25, -0.2) is 9.99 Å². The molecule has 0 bridgehead atoms. The molecule has 0 amide bonds. The summed E-state index contributed by atoms with van der Waals surface area (Å²) < 4.78 is 0. The van der Waals surface area contributed by atoms with Gasteiger partial charge in [-0.15, -0.1) is 0 Å². The maximum atomic E-state index is 10.6. The number of aldehydes is 1. The van der Waals surface area contributed by atoms with Crippen LogP contribution in [-0.2, 0) is 0 Å². The van der Waals surface area contributed by atoms with Crippen molar-refractivity contribution in [3.63, 3.8) is 0 Å². The second kappa shape index (κ2) is 4.92. The van der Waals surface area contributed by atoms with Crippen LogP contribution in [0.4, 0.5) is 5.13 Å². The highest BCUT2D eigenvalue weighted by Crippen LogP contribution is 2.25. The van der Waals surface area contributed by atoms with E-state index in [1.165, 1.54) is 30.6 Å². The minimum atomic E-state index is 0.287. The molecule has 1 aliphatic heterocycles. The van der Waals surface area contributed by atoms with Crippen molar-refractivity contribution in [3.05, 3.63) is 10.0 Å². The van der Waals surface area contributed by atoms with E-state index in [4.69, 9.17) is 11.6 Å². The third-order valence-electron chi connectivity index (χ3n) is 2.33. The number of carbonyl (C=O) groups is 1. The smallest absolute Gasteiger partial charge is 0.199 e. The van der Waals surface area contributed by atoms with Gasteiger partial charge >= 0.3 is 0 Å². The summed E-state index contributed by atoms with van der Waals surface area (Å²) in [6, 6.07) is 0. The molecule has 1 aliphatic rings. The Morgan fingerprint density at radius 3 is 2.73 bits per heavy atom. The summed E-state index contributed by atoms with van der Waals surface area (Å²) in [5.41, 5.74) is 3.17. The van der Waals surface area contributed by atoms with Gasteiger partial charge in [-0.2, -0.15) is 0 Å². The Hall–Kier alpha value is -0.650. The second-order valence-corrected chi connectivity index (χ2v) is 4.84. The van der Waals surface area contributed by atoms with Gasteiger partial charge in [0.25, 0.3) is 0 Å². The Labute approximate surface area is 97.2 Å². The van der Waals surface area contributed by atoms with Crippen LogP contribution in [0, 0.1) is 0 Å². The Bertz CT molecular complexity index is 349. The molecule has 2 rings (SSSR count). The van der Waals surface area contributed by atoms with E-state index in [1.807, 2.05) is 0 Å². The number of halogens is 1. The normalized spacial score (nSPS) is 17.7. The molecule has 1 saturated heterocycles. The third-order valence-corrected chi connectivity index (χ3v) is 3.61. The molecule has 1 aromatic heterocycles. The Morgan fingerprint density at radius 2 is 2.13 bits per heavy atom. The number of hydrazine groups is 1. The predicted octanol–water partition coefficient (Wildman–Crippen LogP) is 2.42. The van der Waals surface area contributed by atoms with Crippen LogP contribution in [0.3, 0.4) is 0 Å². The molecule has 4 nitrogen and oxygen atoms in total. The molecule has 0 saturated carbocycles. The van der Waals surface area contributed by atoms with E-state index in [0.29, 0.717) is 10.0 Å². The Balaban J connectivity index is 2.00. The van der Waals surface area contributed by atoms with Gasteiger partial charge < -0.3 is 0 Å². The average Bonchev–Trinajstić information content (AvgIpc) is 2.60. The van der Waals surface area contributed by atoms with E-state index in [2.05, 4.69) is 15.4 Å². The van der Waals surface area contributed by atoms with E-state index < -0.39 is 0 Å². The molecule has 0 radical (unpaired) electrons. The maximum Gasteiger partial charge on any atom is 0.199 e. The standard InChI is InChI=1S/C9H12ClN3OS/c10-8-7(6-14)15-9(11-8)12-13-4-2-1-3-5-13/h6H,1-5H2,(H,11,12). The molecule has 0 unspecified atom stereocenters. The monoisotopic (exact) mass is 245 g/mol. The van der Waals surface area contributed by atoms with Gasteiger partial charge in [-0.3, -0.25) is 10.2 Å². The van der Waals surface area contributed by atoms with Crippen molar-refractivity contribution in [1.82, 2.24) is 9.99 Å². The summed E-state index contributed by atoms with van der Waals surface area (Å²) in [4.78, 5) is 15.1. The van der Waals surface area contributed by atoms with Crippen LogP contribution in [0.25, 0.3) is 0 Å². The fourth-order valence-corrected chi connectivity index (χ4v) is 2.57. The first-order valence-corrected chi connectivity index (χ1v) is 6.12. The Morgan fingerprint density at radius 1 is 1.40 bits per heavy atom. The van der Waals surface area contributed by atoms with Crippen molar-refractivity contribution < 1.29 is 4.79 Å². The van der Waals surface area contributed by atoms with E-state index in [9.17, 15) is 4.79 Å². The molecule has 1 fully saturated rings. The molecule has 2 heterocycles. The number of thiazole rings is 1. The largest absolute Gasteiger partial charge is 0.297 e. The molecule has 1 N–H and O–H groups in total. The summed E-state index contributed by atoms with van der Waals surface area (Å²) in [6.45, 7) is 2.04. The van der Waals surface area contributed by atoms with Gasteiger partial charge in [0.05, 0.1) is 0 Å². The fraction of sp³-hybridized carbons (Fsp3) is 0.556. The second-order valence-electron chi connectivity index (χ2n) is 3.45. The molecule has 0 aliphatic carbocycles. The quantitative estimate of drug-likeness (QED) is 0.831. The van der Waals surface area contributed by atoms with Crippen LogP contribution < -0.4 is 5.43 Å². The van der Waals surface area contributed by atoms with E-state index in [0.717, 1.165) is 19.4 Å². The molecule has 1 aromatic rings. The Kier molecular flexibility index (Phi) is 3.56. The fourth-order valence-electron chi connectivity index (χ4n) is 1.57. The van der Waals surface area contributed by atoms with Crippen molar-refractivity contribution in [2.45, 2.75) is 19.3 Å². The summed E-state index contributed by atoms with van der Waals surface area (Å²) >= 11 is 7.06. The lowest BCUT2D eigenvalue weighted by Crippen LogP contribution is -2.34. The summed E-state index contributed by atoms with van der Waals surface area (Å²) in [7, 11) is 0. The van der Waals surface area contributed by atoms with Gasteiger partial charge in [0, 0.05) is 13.1 Å². The number of rotatable bonds is 3. The van der Waals surface area contributed by atoms with Crippen molar-refractivity contribution in [2.24, 2.45) is 0 Å². The number of nitrogens with zero attached hydrogens (tertiary/aromatic N) is 2. The van der Waals surface area contributed by atoms with E-state index >= 15 is 0 Å². The average molecular weight is 246 g/mol. The SMILES string of the molecule is O=Cc1sc(NN2CCCCC2)nc1Cl. The van der Waals surface area contributed by atoms with Crippen molar-refractivity contribution >= 4 is 34.4 Å². The number of piperidine rings is 1. The van der Waals surface area contributed by atoms with Crippen molar-refractivity contribution in [3.8, 4) is 0 Å². The van der Waals surface area contributed by atoms with Crippen LogP contribution in [0.15, 0.2) is 0 Å². The minimum Gasteiger partial charge on any atom is -0.297 e. The minimum absolute atomic E-state index is 0.287. The molecular formula is C9H12ClN3OS. The van der Waals surface area contributed by atoms with E-state index in [1.54, 1.807) is 0 Å². The molecule has 0 aromatic carbocycles. The van der Waals surface area contributed by atoms with Gasteiger partial charge in [0.2, 0.25) is 0 Å². The zero-order valence-electron chi connectivity index (χ0n) is 8.20. The van der Waals surface area contributed by atoms with Crippen LogP contribution in [0.1, 0.15) is 28.9 Å². The van der Waals surface area contributed by atoms with Gasteiger partial charge in [0.15, 0.2) is 16.6 Å². The third kappa shape index (κ3) is 2.68. The highest BCUT2D eigenvalue weighted by molar-refractivity contribution is 7.17. The molecule has 0 spiro atoms. The highest BCUT2D eigenvalue weighted by atomic mass is 35.5. The van der Waals surface area contributed by atoms with Gasteiger partial charge in [-0.1, -0.05) is 29.4 Å². The number of hydrogen-bond donors (Lipinski definition) is 1. The van der Waals surface area contributed by atoms with Crippen LogP contribution in [0.5, 0.6) is 0 Å². The van der Waals surface area contributed by atoms with Crippen LogP contribution in [0.2, 0.25) is 5.15 Å². The van der Waals surface area contributed by atoms with E-state index in [-0.39, 0.29) is 5.15 Å². The van der Waals surface area contributed by atoms with Gasteiger partial charge in [-0.05, 0) is 12.8 Å². The highest BCUT2D eigenvalue weighted by Gasteiger charge is 2.13. The van der Waals surface area contributed by atoms with Crippen LogP contribution >= 0.6 is 22.9 Å². The maximum absolute atomic E-state index is 10.6. The summed E-state index contributed by atoms with van der Waals surface area (Å²) in [6.07, 6.45) is 4.43. The lowest BCUT2D eigenvalue weighted by atomic mass is 10.2. The topological polar surface area (TPSA) is 45.2 Å². The number of aromatic nitrogens is 1. The molecule has 0 atom stereocenters.